The molecule has 3 aromatic rings. The minimum absolute atomic E-state index is 0.0621. The number of carbonyl (C=O) groups excluding carboxylic acids is 2. The fourth-order valence-electron chi connectivity index (χ4n) is 3.87. The van der Waals surface area contributed by atoms with Crippen molar-refractivity contribution < 1.29 is 14.3 Å². The highest BCUT2D eigenvalue weighted by atomic mass is 32.1. The first kappa shape index (κ1) is 21.8. The number of methoxy groups -OCH3 is 1. The summed E-state index contributed by atoms with van der Waals surface area (Å²) in [6.07, 6.45) is 0.166. The van der Waals surface area contributed by atoms with Gasteiger partial charge >= 0.3 is 0 Å². The van der Waals surface area contributed by atoms with Gasteiger partial charge in [-0.2, -0.15) is 0 Å². The summed E-state index contributed by atoms with van der Waals surface area (Å²) in [6.45, 7) is 2.03. The summed E-state index contributed by atoms with van der Waals surface area (Å²) in [5, 5.41) is 0.540. The lowest BCUT2D eigenvalue weighted by molar-refractivity contribution is -0.132. The van der Waals surface area contributed by atoms with Gasteiger partial charge in [-0.15, -0.1) is 0 Å². The Hall–Kier alpha value is -3.46. The number of para-hydroxylation sites is 1. The van der Waals surface area contributed by atoms with Crippen molar-refractivity contribution in [1.82, 2.24) is 19.4 Å². The highest BCUT2D eigenvalue weighted by molar-refractivity contribution is 7.71. The monoisotopic (exact) mass is 452 g/mol. The summed E-state index contributed by atoms with van der Waals surface area (Å²) in [6, 6.07) is 14.2. The van der Waals surface area contributed by atoms with Crippen molar-refractivity contribution in [3.8, 4) is 5.75 Å². The molecule has 1 saturated heterocycles. The van der Waals surface area contributed by atoms with E-state index in [1.165, 1.54) is 4.57 Å². The second-order valence-electron chi connectivity index (χ2n) is 7.59. The maximum Gasteiger partial charge on any atom is 0.262 e. The summed E-state index contributed by atoms with van der Waals surface area (Å²) < 4.78 is 6.92. The lowest BCUT2D eigenvalue weighted by Gasteiger charge is -2.35. The van der Waals surface area contributed by atoms with E-state index < -0.39 is 0 Å². The standard InChI is InChI=1S/C23H24N4O4S/c1-31-17-6-4-5-16(15-17)21(29)26-13-11-25(12-14-26)20(28)9-10-27-22(30)18-7-2-3-8-19(18)24-23(27)32/h2-8,15H,9-14H2,1H3,(H,24,32). The highest BCUT2D eigenvalue weighted by Crippen LogP contribution is 2.16. The van der Waals surface area contributed by atoms with Crippen LogP contribution in [0.25, 0.3) is 10.9 Å². The number of ether oxygens (including phenoxy) is 1. The number of carbonyl (C=O) groups is 2. The summed E-state index contributed by atoms with van der Waals surface area (Å²) in [5.41, 5.74) is 1.04. The zero-order valence-electron chi connectivity index (χ0n) is 17.7. The lowest BCUT2D eigenvalue weighted by Crippen LogP contribution is -2.50. The Morgan fingerprint density at radius 3 is 2.50 bits per heavy atom. The zero-order valence-corrected chi connectivity index (χ0v) is 18.6. The molecule has 166 valence electrons. The minimum Gasteiger partial charge on any atom is -0.497 e. The van der Waals surface area contributed by atoms with Gasteiger partial charge in [-0.05, 0) is 42.5 Å². The molecule has 9 heteroatoms. The van der Waals surface area contributed by atoms with Crippen molar-refractivity contribution in [2.75, 3.05) is 33.3 Å². The van der Waals surface area contributed by atoms with Crippen LogP contribution in [-0.4, -0.2) is 64.5 Å². The van der Waals surface area contributed by atoms with Crippen LogP contribution in [0.15, 0.2) is 53.3 Å². The molecule has 8 nitrogen and oxygen atoms in total. The molecule has 4 rings (SSSR count). The SMILES string of the molecule is COc1cccc(C(=O)N2CCN(C(=O)CCn3c(=S)[nH]c4ccccc4c3=O)CC2)c1. The topological polar surface area (TPSA) is 87.6 Å². The molecule has 1 N–H and O–H groups in total. The van der Waals surface area contributed by atoms with Crippen LogP contribution in [0, 0.1) is 4.77 Å². The van der Waals surface area contributed by atoms with Crippen LogP contribution >= 0.6 is 12.2 Å². The van der Waals surface area contributed by atoms with Gasteiger partial charge in [0.1, 0.15) is 5.75 Å². The number of hydrogen-bond donors (Lipinski definition) is 1. The van der Waals surface area contributed by atoms with E-state index in [0.717, 1.165) is 0 Å². The average Bonchev–Trinajstić information content (AvgIpc) is 2.83. The zero-order chi connectivity index (χ0) is 22.7. The van der Waals surface area contributed by atoms with Crippen LogP contribution in [0.5, 0.6) is 5.75 Å². The molecule has 1 aromatic heterocycles. The Morgan fingerprint density at radius 2 is 1.75 bits per heavy atom. The van der Waals surface area contributed by atoms with Crippen LogP contribution in [0.2, 0.25) is 0 Å². The number of rotatable bonds is 5. The van der Waals surface area contributed by atoms with Crippen LogP contribution in [-0.2, 0) is 11.3 Å². The van der Waals surface area contributed by atoms with Crippen molar-refractivity contribution in [2.24, 2.45) is 0 Å². The molecule has 2 amide bonds. The maximum atomic E-state index is 12.8. The van der Waals surface area contributed by atoms with Crippen LogP contribution in [0.3, 0.4) is 0 Å². The Labute approximate surface area is 190 Å². The van der Waals surface area contributed by atoms with Crippen molar-refractivity contribution in [2.45, 2.75) is 13.0 Å². The Balaban J connectivity index is 1.36. The molecule has 0 unspecified atom stereocenters. The average molecular weight is 453 g/mol. The van der Waals surface area contributed by atoms with Crippen LogP contribution in [0.4, 0.5) is 0 Å². The number of hydrogen-bond acceptors (Lipinski definition) is 5. The third-order valence-corrected chi connectivity index (χ3v) is 6.00. The van der Waals surface area contributed by atoms with Gasteiger partial charge in [0.15, 0.2) is 4.77 Å². The highest BCUT2D eigenvalue weighted by Gasteiger charge is 2.25. The minimum atomic E-state index is -0.203. The van der Waals surface area contributed by atoms with Gasteiger partial charge in [0, 0.05) is 44.7 Å². The van der Waals surface area contributed by atoms with Crippen molar-refractivity contribution >= 4 is 34.9 Å². The number of nitrogens with zero attached hydrogens (tertiary/aromatic N) is 3. The Morgan fingerprint density at radius 1 is 1.03 bits per heavy atom. The molecule has 1 aliphatic rings. The molecule has 2 aromatic carbocycles. The Kier molecular flexibility index (Phi) is 6.36. The molecule has 0 aliphatic carbocycles. The third-order valence-electron chi connectivity index (χ3n) is 5.67. The van der Waals surface area contributed by atoms with Crippen LogP contribution in [0.1, 0.15) is 16.8 Å². The van der Waals surface area contributed by atoms with E-state index in [0.29, 0.717) is 53.2 Å². The summed E-state index contributed by atoms with van der Waals surface area (Å²) in [5.74, 6) is 0.491. The van der Waals surface area contributed by atoms with Gasteiger partial charge in [-0.25, -0.2) is 0 Å². The number of amides is 2. The first-order chi connectivity index (χ1) is 15.5. The fourth-order valence-corrected chi connectivity index (χ4v) is 4.15. The molecule has 0 spiro atoms. The molecule has 0 atom stereocenters. The molecule has 0 saturated carbocycles. The predicted octanol–water partition coefficient (Wildman–Crippen LogP) is 2.44. The number of fused-ring (bicyclic) bond motifs is 1. The molecular weight excluding hydrogens is 428 g/mol. The molecule has 32 heavy (non-hydrogen) atoms. The van der Waals surface area contributed by atoms with E-state index in [9.17, 15) is 14.4 Å². The number of aromatic amines is 1. The molecule has 1 aliphatic heterocycles. The summed E-state index contributed by atoms with van der Waals surface area (Å²) in [7, 11) is 1.56. The lowest BCUT2D eigenvalue weighted by atomic mass is 10.1. The largest absolute Gasteiger partial charge is 0.497 e. The van der Waals surface area contributed by atoms with Gasteiger partial charge < -0.3 is 19.5 Å². The molecule has 1 fully saturated rings. The second-order valence-corrected chi connectivity index (χ2v) is 7.97. The van der Waals surface area contributed by atoms with Crippen LogP contribution < -0.4 is 10.3 Å². The first-order valence-electron chi connectivity index (χ1n) is 10.4. The summed E-state index contributed by atoms with van der Waals surface area (Å²) >= 11 is 5.31. The molecule has 0 bridgehead atoms. The van der Waals surface area contributed by atoms with E-state index in [4.69, 9.17) is 17.0 Å². The van der Waals surface area contributed by atoms with Gasteiger partial charge in [-0.3, -0.25) is 19.0 Å². The normalized spacial score (nSPS) is 13.9. The second kappa shape index (κ2) is 9.35. The van der Waals surface area contributed by atoms with Gasteiger partial charge in [0.25, 0.3) is 11.5 Å². The van der Waals surface area contributed by atoms with E-state index >= 15 is 0 Å². The number of nitrogens with one attached hydrogen (secondary N) is 1. The third kappa shape index (κ3) is 4.43. The maximum absolute atomic E-state index is 12.8. The fraction of sp³-hybridized carbons (Fsp3) is 0.304. The number of aromatic nitrogens is 2. The molecular formula is C23H24N4O4S. The molecule has 2 heterocycles. The van der Waals surface area contributed by atoms with E-state index in [1.807, 2.05) is 6.07 Å². The quantitative estimate of drug-likeness (QED) is 0.601. The van der Waals surface area contributed by atoms with Gasteiger partial charge in [0.05, 0.1) is 18.0 Å². The van der Waals surface area contributed by atoms with Gasteiger partial charge in [0.2, 0.25) is 5.91 Å². The molecule has 0 radical (unpaired) electrons. The van der Waals surface area contributed by atoms with Crippen molar-refractivity contribution in [3.63, 3.8) is 0 Å². The van der Waals surface area contributed by atoms with E-state index in [-0.39, 0.29) is 30.3 Å². The predicted molar refractivity (Wildman–Crippen MR) is 123 cm³/mol. The van der Waals surface area contributed by atoms with E-state index in [1.54, 1.807) is 59.4 Å². The van der Waals surface area contributed by atoms with E-state index in [2.05, 4.69) is 4.98 Å². The van der Waals surface area contributed by atoms with Crippen molar-refractivity contribution in [1.29, 1.82) is 0 Å². The smallest absolute Gasteiger partial charge is 0.262 e. The number of piperazine rings is 1. The van der Waals surface area contributed by atoms with Crippen molar-refractivity contribution in [3.05, 3.63) is 69.2 Å². The first-order valence-corrected chi connectivity index (χ1v) is 10.8. The Bertz CT molecular complexity index is 1270. The summed E-state index contributed by atoms with van der Waals surface area (Å²) in [4.78, 5) is 44.7. The number of benzene rings is 2. The number of H-pyrrole nitrogens is 1. The van der Waals surface area contributed by atoms with Gasteiger partial charge in [-0.1, -0.05) is 18.2 Å².